The number of aryl methyl sites for hydroxylation is 1. The summed E-state index contributed by atoms with van der Waals surface area (Å²) in [5.41, 5.74) is 3.79. The van der Waals surface area contributed by atoms with Crippen LogP contribution in [0.5, 0.6) is 0 Å². The maximum absolute atomic E-state index is 4.56. The van der Waals surface area contributed by atoms with Gasteiger partial charge in [0.25, 0.3) is 0 Å². The van der Waals surface area contributed by atoms with Crippen molar-refractivity contribution in [1.82, 2.24) is 15.3 Å². The van der Waals surface area contributed by atoms with E-state index in [1.165, 1.54) is 30.4 Å². The van der Waals surface area contributed by atoms with E-state index >= 15 is 0 Å². The number of benzene rings is 1. The summed E-state index contributed by atoms with van der Waals surface area (Å²) in [6, 6.07) is 11.1. The molecule has 0 saturated heterocycles. The standard InChI is InChI=1S/C17H21N3/c1-12-19-10-9-16(20-12)17(18-2)15-8-4-7-14(11-15)13-5-3-6-13/h4,7-11,13,17-18H,3,5-6H2,1-2H3. The molecule has 0 radical (unpaired) electrons. The minimum absolute atomic E-state index is 0.136. The number of rotatable bonds is 4. The van der Waals surface area contributed by atoms with Crippen molar-refractivity contribution >= 4 is 0 Å². The maximum Gasteiger partial charge on any atom is 0.125 e. The topological polar surface area (TPSA) is 37.8 Å². The Bertz CT molecular complexity index is 590. The van der Waals surface area contributed by atoms with E-state index in [9.17, 15) is 0 Å². The zero-order valence-corrected chi connectivity index (χ0v) is 12.1. The highest BCUT2D eigenvalue weighted by Gasteiger charge is 2.21. The SMILES string of the molecule is CNC(c1cccc(C2CCC2)c1)c1ccnc(C)n1. The van der Waals surface area contributed by atoms with Crippen LogP contribution in [0.1, 0.15) is 53.9 Å². The lowest BCUT2D eigenvalue weighted by molar-refractivity contribution is 0.419. The van der Waals surface area contributed by atoms with Crippen molar-refractivity contribution in [3.05, 3.63) is 59.2 Å². The van der Waals surface area contributed by atoms with E-state index in [1.54, 1.807) is 0 Å². The monoisotopic (exact) mass is 267 g/mol. The average molecular weight is 267 g/mol. The summed E-state index contributed by atoms with van der Waals surface area (Å²) < 4.78 is 0. The molecule has 20 heavy (non-hydrogen) atoms. The Morgan fingerprint density at radius 2 is 2.10 bits per heavy atom. The van der Waals surface area contributed by atoms with E-state index in [4.69, 9.17) is 0 Å². The number of hydrogen-bond donors (Lipinski definition) is 1. The van der Waals surface area contributed by atoms with Crippen molar-refractivity contribution in [2.45, 2.75) is 38.1 Å². The van der Waals surface area contributed by atoms with Crippen LogP contribution in [-0.4, -0.2) is 17.0 Å². The van der Waals surface area contributed by atoms with E-state index in [1.807, 2.05) is 26.2 Å². The Labute approximate surface area is 120 Å². The Hall–Kier alpha value is -1.74. The van der Waals surface area contributed by atoms with E-state index in [2.05, 4.69) is 39.6 Å². The number of nitrogens with zero attached hydrogens (tertiary/aromatic N) is 2. The summed E-state index contributed by atoms with van der Waals surface area (Å²) in [7, 11) is 1.98. The van der Waals surface area contributed by atoms with Gasteiger partial charge in [-0.2, -0.15) is 0 Å². The van der Waals surface area contributed by atoms with Gasteiger partial charge in [0, 0.05) is 6.20 Å². The molecule has 3 rings (SSSR count). The van der Waals surface area contributed by atoms with Gasteiger partial charge in [0.2, 0.25) is 0 Å². The summed E-state index contributed by atoms with van der Waals surface area (Å²) >= 11 is 0. The van der Waals surface area contributed by atoms with Crippen LogP contribution >= 0.6 is 0 Å². The average Bonchev–Trinajstić information content (AvgIpc) is 2.38. The predicted molar refractivity (Wildman–Crippen MR) is 80.7 cm³/mol. The molecule has 1 aromatic heterocycles. The van der Waals surface area contributed by atoms with Crippen LogP contribution < -0.4 is 5.32 Å². The molecule has 1 atom stereocenters. The molecule has 2 aromatic rings. The summed E-state index contributed by atoms with van der Waals surface area (Å²) in [6.07, 6.45) is 5.87. The highest BCUT2D eigenvalue weighted by molar-refractivity contribution is 5.33. The molecule has 1 aliphatic carbocycles. The zero-order chi connectivity index (χ0) is 13.9. The van der Waals surface area contributed by atoms with E-state index < -0.39 is 0 Å². The molecule has 0 spiro atoms. The number of nitrogens with one attached hydrogen (secondary N) is 1. The van der Waals surface area contributed by atoms with Crippen molar-refractivity contribution in [3.63, 3.8) is 0 Å². The molecule has 1 N–H and O–H groups in total. The van der Waals surface area contributed by atoms with Crippen LogP contribution in [0.25, 0.3) is 0 Å². The van der Waals surface area contributed by atoms with Crippen LogP contribution in [-0.2, 0) is 0 Å². The van der Waals surface area contributed by atoms with Gasteiger partial charge in [0.1, 0.15) is 5.82 Å². The van der Waals surface area contributed by atoms with Gasteiger partial charge in [-0.15, -0.1) is 0 Å². The number of hydrogen-bond acceptors (Lipinski definition) is 3. The molecule has 1 heterocycles. The molecule has 1 fully saturated rings. The Morgan fingerprint density at radius 3 is 2.75 bits per heavy atom. The van der Waals surface area contributed by atoms with E-state index in [-0.39, 0.29) is 6.04 Å². The fraction of sp³-hybridized carbons (Fsp3) is 0.412. The molecule has 1 aliphatic rings. The number of aromatic nitrogens is 2. The Balaban J connectivity index is 1.92. The van der Waals surface area contributed by atoms with Crippen molar-refractivity contribution in [3.8, 4) is 0 Å². The smallest absolute Gasteiger partial charge is 0.125 e. The van der Waals surface area contributed by atoms with Gasteiger partial charge in [-0.1, -0.05) is 30.7 Å². The van der Waals surface area contributed by atoms with Gasteiger partial charge < -0.3 is 5.32 Å². The largest absolute Gasteiger partial charge is 0.308 e. The second-order valence-corrected chi connectivity index (χ2v) is 5.55. The molecular formula is C17H21N3. The third kappa shape index (κ3) is 2.59. The Kier molecular flexibility index (Phi) is 3.79. The molecule has 3 heteroatoms. The second-order valence-electron chi connectivity index (χ2n) is 5.55. The molecule has 104 valence electrons. The van der Waals surface area contributed by atoms with Crippen molar-refractivity contribution < 1.29 is 0 Å². The van der Waals surface area contributed by atoms with Gasteiger partial charge >= 0.3 is 0 Å². The third-order valence-corrected chi connectivity index (χ3v) is 4.20. The van der Waals surface area contributed by atoms with Crippen LogP contribution in [0.15, 0.2) is 36.5 Å². The van der Waals surface area contributed by atoms with Crippen LogP contribution in [0.3, 0.4) is 0 Å². The molecule has 1 aromatic carbocycles. The summed E-state index contributed by atoms with van der Waals surface area (Å²) in [6.45, 7) is 1.93. The van der Waals surface area contributed by atoms with Crippen LogP contribution in [0, 0.1) is 6.92 Å². The van der Waals surface area contributed by atoms with Gasteiger partial charge in [-0.3, -0.25) is 0 Å². The minimum atomic E-state index is 0.136. The molecule has 3 nitrogen and oxygen atoms in total. The third-order valence-electron chi connectivity index (χ3n) is 4.20. The summed E-state index contributed by atoms with van der Waals surface area (Å²) in [4.78, 5) is 8.74. The first kappa shape index (κ1) is 13.3. The lowest BCUT2D eigenvalue weighted by Crippen LogP contribution is -2.20. The van der Waals surface area contributed by atoms with Crippen molar-refractivity contribution in [1.29, 1.82) is 0 Å². The summed E-state index contributed by atoms with van der Waals surface area (Å²) in [5, 5.41) is 3.37. The minimum Gasteiger partial charge on any atom is -0.308 e. The zero-order valence-electron chi connectivity index (χ0n) is 12.1. The quantitative estimate of drug-likeness (QED) is 0.923. The molecule has 0 bridgehead atoms. The molecule has 0 aliphatic heterocycles. The van der Waals surface area contributed by atoms with Gasteiger partial charge in [0.15, 0.2) is 0 Å². The molecule has 1 unspecified atom stereocenters. The Morgan fingerprint density at radius 1 is 1.25 bits per heavy atom. The highest BCUT2D eigenvalue weighted by Crippen LogP contribution is 2.37. The van der Waals surface area contributed by atoms with Gasteiger partial charge in [0.05, 0.1) is 11.7 Å². The van der Waals surface area contributed by atoms with Gasteiger partial charge in [-0.05, 0) is 49.9 Å². The van der Waals surface area contributed by atoms with Crippen LogP contribution in [0.4, 0.5) is 0 Å². The summed E-state index contributed by atoms with van der Waals surface area (Å²) in [5.74, 6) is 1.58. The molecular weight excluding hydrogens is 246 g/mol. The van der Waals surface area contributed by atoms with Crippen molar-refractivity contribution in [2.24, 2.45) is 0 Å². The van der Waals surface area contributed by atoms with Crippen LogP contribution in [0.2, 0.25) is 0 Å². The van der Waals surface area contributed by atoms with E-state index in [0.717, 1.165) is 17.4 Å². The lowest BCUT2D eigenvalue weighted by atomic mass is 9.79. The molecule has 1 saturated carbocycles. The normalized spacial score (nSPS) is 16.7. The fourth-order valence-electron chi connectivity index (χ4n) is 2.85. The van der Waals surface area contributed by atoms with Crippen molar-refractivity contribution in [2.75, 3.05) is 7.05 Å². The second kappa shape index (κ2) is 5.71. The highest BCUT2D eigenvalue weighted by atomic mass is 14.9. The first-order chi connectivity index (χ1) is 9.78. The predicted octanol–water partition coefficient (Wildman–Crippen LogP) is 3.36. The lowest BCUT2D eigenvalue weighted by Gasteiger charge is -2.27. The van der Waals surface area contributed by atoms with Gasteiger partial charge in [-0.25, -0.2) is 9.97 Å². The van der Waals surface area contributed by atoms with E-state index in [0.29, 0.717) is 0 Å². The fourth-order valence-corrected chi connectivity index (χ4v) is 2.85. The maximum atomic E-state index is 4.56. The first-order valence-electron chi connectivity index (χ1n) is 7.34. The molecule has 0 amide bonds. The first-order valence-corrected chi connectivity index (χ1v) is 7.34.